The molecule has 3 heterocycles. The van der Waals surface area contributed by atoms with Gasteiger partial charge in [0.05, 0.1) is 7.11 Å². The number of piperazine rings is 2. The number of hydrogen-bond acceptors (Lipinski definition) is 5. The van der Waals surface area contributed by atoms with Crippen LogP contribution in [0.15, 0.2) is 48.7 Å². The molecule has 0 N–H and O–H groups in total. The first kappa shape index (κ1) is 18.4. The number of carbonyl (C=O) groups excluding carboxylic acids is 1. The highest BCUT2D eigenvalue weighted by Gasteiger charge is 2.28. The second kappa shape index (κ2) is 8.37. The number of nitrogens with zero attached hydrogens (tertiary/aromatic N) is 5. The van der Waals surface area contributed by atoms with Gasteiger partial charge in [-0.1, -0.05) is 6.07 Å². The lowest BCUT2D eigenvalue weighted by Crippen LogP contribution is -2.57. The van der Waals surface area contributed by atoms with Crippen molar-refractivity contribution in [3.63, 3.8) is 0 Å². The standard InChI is InChI=1S/C21H27N5O2/c1-28-19-7-5-18(6-8-19)23-10-14-25(15-11-23)21(27)26-16-12-24(13-17-26)20-4-2-3-9-22-20/h2-9H,10-17H2,1H3. The van der Waals surface area contributed by atoms with Crippen molar-refractivity contribution in [1.29, 1.82) is 0 Å². The first-order valence-electron chi connectivity index (χ1n) is 9.83. The Morgan fingerprint density at radius 3 is 1.96 bits per heavy atom. The predicted octanol–water partition coefficient (Wildman–Crippen LogP) is 2.15. The van der Waals surface area contributed by atoms with Crippen molar-refractivity contribution >= 4 is 17.5 Å². The van der Waals surface area contributed by atoms with Crippen LogP contribution in [-0.2, 0) is 0 Å². The van der Waals surface area contributed by atoms with Crippen LogP contribution in [0.25, 0.3) is 0 Å². The lowest BCUT2D eigenvalue weighted by molar-refractivity contribution is 0.147. The number of ether oxygens (including phenoxy) is 1. The van der Waals surface area contributed by atoms with Gasteiger partial charge < -0.3 is 24.3 Å². The minimum absolute atomic E-state index is 0.162. The maximum Gasteiger partial charge on any atom is 0.320 e. The highest BCUT2D eigenvalue weighted by atomic mass is 16.5. The molecule has 1 aromatic heterocycles. The third-order valence-corrected chi connectivity index (χ3v) is 5.51. The van der Waals surface area contributed by atoms with E-state index in [4.69, 9.17) is 4.74 Å². The van der Waals surface area contributed by atoms with Crippen LogP contribution in [0.3, 0.4) is 0 Å². The molecule has 0 aliphatic carbocycles. The normalized spacial score (nSPS) is 17.6. The number of pyridine rings is 1. The van der Waals surface area contributed by atoms with Crippen molar-refractivity contribution in [2.24, 2.45) is 0 Å². The van der Waals surface area contributed by atoms with E-state index in [2.05, 4.69) is 26.9 Å². The Bertz CT molecular complexity index is 767. The number of hydrogen-bond donors (Lipinski definition) is 0. The van der Waals surface area contributed by atoms with Crippen LogP contribution in [0.4, 0.5) is 16.3 Å². The highest BCUT2D eigenvalue weighted by Crippen LogP contribution is 2.21. The number of amides is 2. The Morgan fingerprint density at radius 1 is 0.821 bits per heavy atom. The molecule has 7 nitrogen and oxygen atoms in total. The Hall–Kier alpha value is -2.96. The van der Waals surface area contributed by atoms with Crippen molar-refractivity contribution in [2.75, 3.05) is 69.3 Å². The fourth-order valence-corrected chi connectivity index (χ4v) is 3.82. The van der Waals surface area contributed by atoms with Gasteiger partial charge in [-0.15, -0.1) is 0 Å². The van der Waals surface area contributed by atoms with Crippen LogP contribution >= 0.6 is 0 Å². The molecule has 2 aliphatic rings. The van der Waals surface area contributed by atoms with Crippen molar-refractivity contribution in [3.8, 4) is 5.75 Å². The van der Waals surface area contributed by atoms with Gasteiger partial charge in [-0.05, 0) is 36.4 Å². The molecular weight excluding hydrogens is 354 g/mol. The quantitative estimate of drug-likeness (QED) is 0.816. The topological polar surface area (TPSA) is 52.2 Å². The van der Waals surface area contributed by atoms with E-state index in [1.165, 1.54) is 5.69 Å². The molecule has 0 spiro atoms. The molecule has 4 rings (SSSR count). The van der Waals surface area contributed by atoms with Crippen molar-refractivity contribution in [3.05, 3.63) is 48.7 Å². The molecule has 2 fully saturated rings. The molecule has 0 atom stereocenters. The molecule has 0 unspecified atom stereocenters. The molecule has 2 amide bonds. The van der Waals surface area contributed by atoms with E-state index >= 15 is 0 Å². The van der Waals surface area contributed by atoms with Crippen LogP contribution in [0, 0.1) is 0 Å². The van der Waals surface area contributed by atoms with Gasteiger partial charge in [0, 0.05) is 64.2 Å². The summed E-state index contributed by atoms with van der Waals surface area (Å²) in [6.45, 7) is 6.36. The number of carbonyl (C=O) groups is 1. The average molecular weight is 381 g/mol. The van der Waals surface area contributed by atoms with Gasteiger partial charge in [-0.2, -0.15) is 0 Å². The second-order valence-electron chi connectivity index (χ2n) is 7.12. The summed E-state index contributed by atoms with van der Waals surface area (Å²) in [4.78, 5) is 25.8. The lowest BCUT2D eigenvalue weighted by Gasteiger charge is -2.41. The zero-order valence-electron chi connectivity index (χ0n) is 16.3. The smallest absolute Gasteiger partial charge is 0.320 e. The fraction of sp³-hybridized carbons (Fsp3) is 0.429. The summed E-state index contributed by atoms with van der Waals surface area (Å²) >= 11 is 0. The lowest BCUT2D eigenvalue weighted by atomic mass is 10.2. The van der Waals surface area contributed by atoms with Gasteiger partial charge in [-0.3, -0.25) is 0 Å². The molecule has 2 saturated heterocycles. The maximum absolute atomic E-state index is 12.9. The zero-order chi connectivity index (χ0) is 19.3. The van der Waals surface area contributed by atoms with E-state index in [1.54, 1.807) is 7.11 Å². The average Bonchev–Trinajstić information content (AvgIpc) is 2.79. The fourth-order valence-electron chi connectivity index (χ4n) is 3.82. The largest absolute Gasteiger partial charge is 0.497 e. The van der Waals surface area contributed by atoms with Crippen molar-refractivity contribution in [2.45, 2.75) is 0 Å². The molecule has 1 aromatic carbocycles. The third kappa shape index (κ3) is 3.98. The van der Waals surface area contributed by atoms with E-state index in [0.717, 1.165) is 63.9 Å². The van der Waals surface area contributed by atoms with E-state index in [0.29, 0.717) is 0 Å². The Morgan fingerprint density at radius 2 is 1.43 bits per heavy atom. The predicted molar refractivity (Wildman–Crippen MR) is 110 cm³/mol. The van der Waals surface area contributed by atoms with E-state index in [9.17, 15) is 4.79 Å². The molecule has 2 aliphatic heterocycles. The van der Waals surface area contributed by atoms with Gasteiger partial charge in [0.15, 0.2) is 0 Å². The monoisotopic (exact) mass is 381 g/mol. The van der Waals surface area contributed by atoms with Gasteiger partial charge >= 0.3 is 6.03 Å². The first-order chi connectivity index (χ1) is 13.7. The summed E-state index contributed by atoms with van der Waals surface area (Å²) in [5.74, 6) is 1.85. The maximum atomic E-state index is 12.9. The number of rotatable bonds is 3. The zero-order valence-corrected chi connectivity index (χ0v) is 16.3. The van der Waals surface area contributed by atoms with Gasteiger partial charge in [-0.25, -0.2) is 9.78 Å². The molecule has 0 bridgehead atoms. The summed E-state index contributed by atoms with van der Waals surface area (Å²) in [5.41, 5.74) is 1.18. The molecule has 7 heteroatoms. The summed E-state index contributed by atoms with van der Waals surface area (Å²) < 4.78 is 5.22. The van der Waals surface area contributed by atoms with Crippen molar-refractivity contribution < 1.29 is 9.53 Å². The van der Waals surface area contributed by atoms with Crippen LogP contribution < -0.4 is 14.5 Å². The van der Waals surface area contributed by atoms with Gasteiger partial charge in [0.1, 0.15) is 11.6 Å². The number of benzene rings is 1. The minimum Gasteiger partial charge on any atom is -0.497 e. The van der Waals surface area contributed by atoms with E-state index in [1.807, 2.05) is 46.3 Å². The highest BCUT2D eigenvalue weighted by molar-refractivity contribution is 5.75. The summed E-state index contributed by atoms with van der Waals surface area (Å²) in [6, 6.07) is 14.2. The van der Waals surface area contributed by atoms with E-state index in [-0.39, 0.29) is 6.03 Å². The number of methoxy groups -OCH3 is 1. The SMILES string of the molecule is COc1ccc(N2CCN(C(=O)N3CCN(c4ccccn4)CC3)CC2)cc1. The summed E-state index contributed by atoms with van der Waals surface area (Å²) in [5, 5.41) is 0. The van der Waals surface area contributed by atoms with Crippen molar-refractivity contribution in [1.82, 2.24) is 14.8 Å². The third-order valence-electron chi connectivity index (χ3n) is 5.51. The molecule has 2 aromatic rings. The second-order valence-corrected chi connectivity index (χ2v) is 7.12. The van der Waals surface area contributed by atoms with Crippen LogP contribution in [0.5, 0.6) is 5.75 Å². The molecule has 148 valence electrons. The number of aromatic nitrogens is 1. The summed E-state index contributed by atoms with van der Waals surface area (Å²) in [7, 11) is 1.68. The molecule has 0 saturated carbocycles. The molecule has 28 heavy (non-hydrogen) atoms. The van der Waals surface area contributed by atoms with Gasteiger partial charge in [0.2, 0.25) is 0 Å². The molecule has 0 radical (unpaired) electrons. The number of urea groups is 1. The van der Waals surface area contributed by atoms with Crippen LogP contribution in [0.2, 0.25) is 0 Å². The number of anilines is 2. The Kier molecular flexibility index (Phi) is 5.50. The van der Waals surface area contributed by atoms with Gasteiger partial charge in [0.25, 0.3) is 0 Å². The van der Waals surface area contributed by atoms with Crippen LogP contribution in [0.1, 0.15) is 0 Å². The first-order valence-corrected chi connectivity index (χ1v) is 9.83. The molecular formula is C21H27N5O2. The Labute approximate surface area is 166 Å². The van der Waals surface area contributed by atoms with Crippen LogP contribution in [-0.4, -0.2) is 80.3 Å². The Balaban J connectivity index is 1.27. The van der Waals surface area contributed by atoms with E-state index < -0.39 is 0 Å². The minimum atomic E-state index is 0.162. The summed E-state index contributed by atoms with van der Waals surface area (Å²) in [6.07, 6.45) is 1.81.